The summed E-state index contributed by atoms with van der Waals surface area (Å²) >= 11 is 8.62. The number of nitro benzene ring substituents is 1. The van der Waals surface area contributed by atoms with Crippen LogP contribution in [-0.2, 0) is 16.2 Å². The van der Waals surface area contributed by atoms with Crippen molar-refractivity contribution in [3.8, 4) is 5.75 Å². The summed E-state index contributed by atoms with van der Waals surface area (Å²) in [5, 5.41) is 13.4. The Kier molecular flexibility index (Phi) is 6.80. The number of thiocarbonyl (C=S) groups is 1. The van der Waals surface area contributed by atoms with Crippen molar-refractivity contribution in [2.75, 3.05) is 4.90 Å². The fourth-order valence-electron chi connectivity index (χ4n) is 3.26. The van der Waals surface area contributed by atoms with Crippen LogP contribution in [0.5, 0.6) is 5.75 Å². The van der Waals surface area contributed by atoms with Crippen molar-refractivity contribution in [2.24, 2.45) is 0 Å². The van der Waals surface area contributed by atoms with Crippen LogP contribution >= 0.6 is 28.1 Å². The Morgan fingerprint density at radius 3 is 2.44 bits per heavy atom. The van der Waals surface area contributed by atoms with Crippen LogP contribution in [0.4, 0.5) is 11.4 Å². The van der Waals surface area contributed by atoms with Gasteiger partial charge in [-0.15, -0.1) is 0 Å². The van der Waals surface area contributed by atoms with Gasteiger partial charge in [0, 0.05) is 22.2 Å². The van der Waals surface area contributed by atoms with Crippen LogP contribution in [0, 0.1) is 10.1 Å². The molecule has 10 heteroatoms. The lowest BCUT2D eigenvalue weighted by Crippen LogP contribution is -2.54. The average Bonchev–Trinajstić information content (AvgIpc) is 2.82. The molecule has 34 heavy (non-hydrogen) atoms. The standard InChI is InChI=1S/C24H16BrN3O5S/c25-17-8-11-21(33-14-15-6-9-19(10-7-15)28(31)32)16(12-17)13-20-22(29)26-24(34)27(23(20)30)18-4-2-1-3-5-18/h1-13H,14H2,(H,26,29,34)/b20-13-. The first-order chi connectivity index (χ1) is 16.3. The van der Waals surface area contributed by atoms with Crippen molar-refractivity contribution < 1.29 is 19.2 Å². The molecule has 3 aromatic rings. The number of halogens is 1. The van der Waals surface area contributed by atoms with Crippen LogP contribution < -0.4 is 15.0 Å². The topological polar surface area (TPSA) is 102 Å². The summed E-state index contributed by atoms with van der Waals surface area (Å²) in [4.78, 5) is 37.5. The van der Waals surface area contributed by atoms with E-state index in [2.05, 4.69) is 21.2 Å². The van der Waals surface area contributed by atoms with E-state index in [1.54, 1.807) is 54.6 Å². The predicted molar refractivity (Wildman–Crippen MR) is 134 cm³/mol. The SMILES string of the molecule is O=C1NC(=S)N(c2ccccc2)C(=O)/C1=C\c1cc(Br)ccc1OCc1ccc([N+](=O)[O-])cc1. The van der Waals surface area contributed by atoms with Crippen molar-refractivity contribution in [1.29, 1.82) is 0 Å². The van der Waals surface area contributed by atoms with Gasteiger partial charge in [0.15, 0.2) is 5.11 Å². The molecule has 1 fully saturated rings. The van der Waals surface area contributed by atoms with E-state index < -0.39 is 16.7 Å². The monoisotopic (exact) mass is 537 g/mol. The molecule has 8 nitrogen and oxygen atoms in total. The first-order valence-corrected chi connectivity index (χ1v) is 11.2. The Morgan fingerprint density at radius 2 is 1.76 bits per heavy atom. The number of ether oxygens (including phenoxy) is 1. The largest absolute Gasteiger partial charge is 0.488 e. The molecule has 170 valence electrons. The molecular formula is C24H16BrN3O5S. The highest BCUT2D eigenvalue weighted by Gasteiger charge is 2.34. The van der Waals surface area contributed by atoms with Crippen LogP contribution in [0.25, 0.3) is 6.08 Å². The van der Waals surface area contributed by atoms with E-state index in [9.17, 15) is 19.7 Å². The summed E-state index contributed by atoms with van der Waals surface area (Å²) in [6.07, 6.45) is 1.45. The number of nitro groups is 1. The molecule has 1 aliphatic rings. The van der Waals surface area contributed by atoms with Gasteiger partial charge in [-0.25, -0.2) is 0 Å². The van der Waals surface area contributed by atoms with E-state index >= 15 is 0 Å². The molecule has 1 aliphatic heterocycles. The van der Waals surface area contributed by atoms with Crippen molar-refractivity contribution in [3.05, 3.63) is 104 Å². The molecule has 0 bridgehead atoms. The second kappa shape index (κ2) is 9.94. The quantitative estimate of drug-likeness (QED) is 0.160. The molecule has 1 heterocycles. The smallest absolute Gasteiger partial charge is 0.270 e. The van der Waals surface area contributed by atoms with Crippen molar-refractivity contribution >= 4 is 62.5 Å². The molecule has 3 aromatic carbocycles. The number of carbonyl (C=O) groups excluding carboxylic acids is 2. The van der Waals surface area contributed by atoms with E-state index in [4.69, 9.17) is 17.0 Å². The Bertz CT molecular complexity index is 1330. The highest BCUT2D eigenvalue weighted by atomic mass is 79.9. The summed E-state index contributed by atoms with van der Waals surface area (Å²) in [5.41, 5.74) is 1.64. The minimum absolute atomic E-state index is 0.00207. The number of anilines is 1. The highest BCUT2D eigenvalue weighted by molar-refractivity contribution is 9.10. The number of hydrogen-bond donors (Lipinski definition) is 1. The summed E-state index contributed by atoms with van der Waals surface area (Å²) in [5.74, 6) is -0.737. The van der Waals surface area contributed by atoms with Gasteiger partial charge in [-0.2, -0.15) is 0 Å². The van der Waals surface area contributed by atoms with Crippen LogP contribution in [0.3, 0.4) is 0 Å². The maximum absolute atomic E-state index is 13.2. The van der Waals surface area contributed by atoms with Crippen LogP contribution in [-0.4, -0.2) is 21.9 Å². The zero-order chi connectivity index (χ0) is 24.2. The first kappa shape index (κ1) is 23.3. The zero-order valence-corrected chi connectivity index (χ0v) is 19.8. The number of benzene rings is 3. The number of nitrogens with zero attached hydrogens (tertiary/aromatic N) is 2. The lowest BCUT2D eigenvalue weighted by Gasteiger charge is -2.29. The molecule has 0 spiro atoms. The molecular weight excluding hydrogens is 522 g/mol. The van der Waals surface area contributed by atoms with Gasteiger partial charge in [-0.1, -0.05) is 34.1 Å². The summed E-state index contributed by atoms with van der Waals surface area (Å²) in [7, 11) is 0. The molecule has 0 aliphatic carbocycles. The maximum atomic E-state index is 13.2. The second-order valence-electron chi connectivity index (χ2n) is 7.19. The van der Waals surface area contributed by atoms with E-state index in [-0.39, 0.29) is 23.0 Å². The Balaban J connectivity index is 1.63. The lowest BCUT2D eigenvalue weighted by atomic mass is 10.1. The zero-order valence-electron chi connectivity index (χ0n) is 17.4. The molecule has 1 N–H and O–H groups in total. The van der Waals surface area contributed by atoms with E-state index in [0.29, 0.717) is 17.0 Å². The summed E-state index contributed by atoms with van der Waals surface area (Å²) in [6.45, 7) is 0.135. The van der Waals surface area contributed by atoms with Gasteiger partial charge in [0.25, 0.3) is 17.5 Å². The molecule has 0 unspecified atom stereocenters. The maximum Gasteiger partial charge on any atom is 0.270 e. The molecule has 1 saturated heterocycles. The van der Waals surface area contributed by atoms with Gasteiger partial charge in [0.05, 0.1) is 10.6 Å². The lowest BCUT2D eigenvalue weighted by molar-refractivity contribution is -0.384. The fourth-order valence-corrected chi connectivity index (χ4v) is 3.92. The van der Waals surface area contributed by atoms with Gasteiger partial charge in [0.2, 0.25) is 0 Å². The van der Waals surface area contributed by atoms with E-state index in [1.807, 2.05) is 6.07 Å². The molecule has 0 saturated carbocycles. The number of rotatable bonds is 6. The molecule has 0 atom stereocenters. The number of para-hydroxylation sites is 1. The van der Waals surface area contributed by atoms with E-state index in [0.717, 1.165) is 10.0 Å². The highest BCUT2D eigenvalue weighted by Crippen LogP contribution is 2.29. The van der Waals surface area contributed by atoms with Gasteiger partial charge in [0.1, 0.15) is 17.9 Å². The second-order valence-corrected chi connectivity index (χ2v) is 8.49. The third kappa shape index (κ3) is 5.03. The minimum Gasteiger partial charge on any atom is -0.488 e. The van der Waals surface area contributed by atoms with Crippen LogP contribution in [0.15, 0.2) is 82.8 Å². The number of carbonyl (C=O) groups is 2. The molecule has 0 radical (unpaired) electrons. The summed E-state index contributed by atoms with van der Waals surface area (Å²) in [6, 6.07) is 20.0. The number of amides is 2. The Morgan fingerprint density at radius 1 is 1.06 bits per heavy atom. The summed E-state index contributed by atoms with van der Waals surface area (Å²) < 4.78 is 6.63. The Labute approximate surface area is 208 Å². The minimum atomic E-state index is -0.608. The van der Waals surface area contributed by atoms with Crippen molar-refractivity contribution in [3.63, 3.8) is 0 Å². The van der Waals surface area contributed by atoms with Gasteiger partial charge < -0.3 is 4.74 Å². The third-order valence-corrected chi connectivity index (χ3v) is 5.71. The third-order valence-electron chi connectivity index (χ3n) is 4.93. The van der Waals surface area contributed by atoms with Crippen molar-refractivity contribution in [1.82, 2.24) is 5.32 Å². The van der Waals surface area contributed by atoms with Crippen LogP contribution in [0.1, 0.15) is 11.1 Å². The number of non-ortho nitro benzene ring substituents is 1. The first-order valence-electron chi connectivity index (χ1n) is 9.95. The fraction of sp³-hybridized carbons (Fsp3) is 0.0417. The predicted octanol–water partition coefficient (Wildman–Crippen LogP) is 4.77. The van der Waals surface area contributed by atoms with Gasteiger partial charge >= 0.3 is 0 Å². The van der Waals surface area contributed by atoms with E-state index in [1.165, 1.54) is 23.1 Å². The van der Waals surface area contributed by atoms with Gasteiger partial charge in [-0.3, -0.25) is 29.9 Å². The Hall–Kier alpha value is -3.89. The number of nitrogens with one attached hydrogen (secondary N) is 1. The van der Waals surface area contributed by atoms with Crippen molar-refractivity contribution in [2.45, 2.75) is 6.61 Å². The average molecular weight is 538 g/mol. The normalized spacial score (nSPS) is 14.8. The molecule has 2 amide bonds. The van der Waals surface area contributed by atoms with Gasteiger partial charge in [-0.05, 0) is 66.3 Å². The van der Waals surface area contributed by atoms with Crippen LogP contribution in [0.2, 0.25) is 0 Å². The molecule has 4 rings (SSSR count). The number of hydrogen-bond acceptors (Lipinski definition) is 6. The molecule has 0 aromatic heterocycles.